The van der Waals surface area contributed by atoms with Gasteiger partial charge in [0.05, 0.1) is 16.5 Å². The molecule has 0 bridgehead atoms. The van der Waals surface area contributed by atoms with E-state index in [1.54, 1.807) is 0 Å². The van der Waals surface area contributed by atoms with E-state index in [1.165, 1.54) is 11.3 Å². The van der Waals surface area contributed by atoms with E-state index < -0.39 is 5.92 Å². The zero-order chi connectivity index (χ0) is 24.2. The monoisotopic (exact) mass is 494 g/mol. The zero-order valence-electron chi connectivity index (χ0n) is 19.1. The number of carbonyl (C=O) groups excluding carboxylic acids is 1. The van der Waals surface area contributed by atoms with Gasteiger partial charge in [-0.05, 0) is 34.4 Å². The Labute approximate surface area is 213 Å². The van der Waals surface area contributed by atoms with Gasteiger partial charge in [-0.1, -0.05) is 126 Å². The van der Waals surface area contributed by atoms with Crippen molar-refractivity contribution in [1.82, 2.24) is 4.57 Å². The molecule has 1 amide bonds. The molecule has 0 aliphatic heterocycles. The number of rotatable bonds is 5. The highest BCUT2D eigenvalue weighted by Crippen LogP contribution is 2.35. The number of thiazole rings is 1. The van der Waals surface area contributed by atoms with E-state index in [0.717, 1.165) is 32.8 Å². The Hall–Kier alpha value is -3.73. The lowest BCUT2D eigenvalue weighted by atomic mass is 9.91. The minimum absolute atomic E-state index is 0.193. The van der Waals surface area contributed by atoms with Crippen molar-refractivity contribution in [2.24, 2.45) is 12.0 Å². The maximum absolute atomic E-state index is 13.7. The number of aromatic nitrogens is 1. The van der Waals surface area contributed by atoms with Crippen molar-refractivity contribution in [2.45, 2.75) is 5.92 Å². The second-order valence-electron chi connectivity index (χ2n) is 8.20. The van der Waals surface area contributed by atoms with Gasteiger partial charge in [0.1, 0.15) is 0 Å². The first-order valence-electron chi connectivity index (χ1n) is 11.3. The number of hydrogen-bond donors (Lipinski definition) is 0. The van der Waals surface area contributed by atoms with Gasteiger partial charge in [0, 0.05) is 12.1 Å². The van der Waals surface area contributed by atoms with Crippen molar-refractivity contribution in [3.63, 3.8) is 0 Å². The Morgan fingerprint density at radius 2 is 1.26 bits per heavy atom. The molecule has 0 N–H and O–H groups in total. The van der Waals surface area contributed by atoms with Gasteiger partial charge in [-0.3, -0.25) is 4.79 Å². The number of halogens is 1. The molecule has 5 rings (SSSR count). The van der Waals surface area contributed by atoms with Crippen LogP contribution in [-0.4, -0.2) is 10.5 Å². The van der Waals surface area contributed by atoms with E-state index in [0.29, 0.717) is 9.82 Å². The fourth-order valence-corrected chi connectivity index (χ4v) is 5.48. The predicted octanol–water partition coefficient (Wildman–Crippen LogP) is 7.33. The summed E-state index contributed by atoms with van der Waals surface area (Å²) in [6, 6.07) is 37.6. The minimum Gasteiger partial charge on any atom is -0.319 e. The van der Waals surface area contributed by atoms with E-state index in [9.17, 15) is 4.79 Å². The summed E-state index contributed by atoms with van der Waals surface area (Å²) >= 11 is 7.67. The van der Waals surface area contributed by atoms with E-state index in [1.807, 2.05) is 115 Å². The van der Waals surface area contributed by atoms with Crippen LogP contribution in [-0.2, 0) is 11.8 Å². The van der Waals surface area contributed by atoms with Gasteiger partial charge >= 0.3 is 0 Å². The molecule has 1 aromatic heterocycles. The van der Waals surface area contributed by atoms with Gasteiger partial charge in [0.15, 0.2) is 4.80 Å². The summed E-state index contributed by atoms with van der Waals surface area (Å²) in [4.78, 5) is 20.1. The Kier molecular flexibility index (Phi) is 6.75. The summed E-state index contributed by atoms with van der Waals surface area (Å²) < 4.78 is 2.00. The van der Waals surface area contributed by atoms with Crippen molar-refractivity contribution >= 4 is 28.8 Å². The number of amides is 1. The summed E-state index contributed by atoms with van der Waals surface area (Å²) in [5.41, 5.74) is 4.94. The molecule has 0 fully saturated rings. The van der Waals surface area contributed by atoms with E-state index in [4.69, 9.17) is 11.6 Å². The third-order valence-electron chi connectivity index (χ3n) is 5.90. The molecule has 0 unspecified atom stereocenters. The normalized spacial score (nSPS) is 11.7. The van der Waals surface area contributed by atoms with Crippen molar-refractivity contribution in [3.8, 4) is 21.7 Å². The molecule has 3 nitrogen and oxygen atoms in total. The van der Waals surface area contributed by atoms with Crippen molar-refractivity contribution in [3.05, 3.63) is 136 Å². The third-order valence-corrected chi connectivity index (χ3v) is 7.34. The second-order valence-corrected chi connectivity index (χ2v) is 9.61. The minimum atomic E-state index is -0.473. The summed E-state index contributed by atoms with van der Waals surface area (Å²) in [7, 11) is 1.96. The second kappa shape index (κ2) is 10.3. The van der Waals surface area contributed by atoms with Crippen molar-refractivity contribution in [2.75, 3.05) is 0 Å². The predicted molar refractivity (Wildman–Crippen MR) is 144 cm³/mol. The average molecular weight is 495 g/mol. The highest BCUT2D eigenvalue weighted by molar-refractivity contribution is 7.13. The first kappa shape index (κ1) is 23.0. The fourth-order valence-electron chi connectivity index (χ4n) is 4.20. The molecule has 0 saturated heterocycles. The van der Waals surface area contributed by atoms with E-state index in [2.05, 4.69) is 17.1 Å². The van der Waals surface area contributed by atoms with Crippen LogP contribution in [0.2, 0.25) is 5.02 Å². The van der Waals surface area contributed by atoms with Crippen LogP contribution in [0.15, 0.2) is 120 Å². The zero-order valence-corrected chi connectivity index (χ0v) is 20.7. The Morgan fingerprint density at radius 1 is 0.743 bits per heavy atom. The van der Waals surface area contributed by atoms with Crippen LogP contribution in [0.5, 0.6) is 0 Å². The van der Waals surface area contributed by atoms with Crippen LogP contribution in [0.1, 0.15) is 17.0 Å². The molecule has 4 aromatic carbocycles. The number of benzene rings is 4. The van der Waals surface area contributed by atoms with Crippen molar-refractivity contribution in [1.29, 1.82) is 0 Å². The first-order chi connectivity index (χ1) is 17.1. The quantitative estimate of drug-likeness (QED) is 0.252. The summed E-state index contributed by atoms with van der Waals surface area (Å²) in [5.74, 6) is -0.667. The van der Waals surface area contributed by atoms with Gasteiger partial charge < -0.3 is 4.57 Å². The number of carbonyl (C=O) groups is 1. The Bertz CT molecular complexity index is 1470. The largest absolute Gasteiger partial charge is 0.319 e. The Balaban J connectivity index is 1.67. The van der Waals surface area contributed by atoms with Gasteiger partial charge in [-0.2, -0.15) is 4.99 Å². The average Bonchev–Trinajstić information content (AvgIpc) is 3.22. The van der Waals surface area contributed by atoms with Gasteiger partial charge in [-0.15, -0.1) is 0 Å². The van der Waals surface area contributed by atoms with Crippen LogP contribution >= 0.6 is 22.9 Å². The molecule has 0 saturated carbocycles. The molecule has 0 aliphatic rings. The van der Waals surface area contributed by atoms with Gasteiger partial charge in [-0.25, -0.2) is 0 Å². The molecule has 5 aromatic rings. The van der Waals surface area contributed by atoms with Crippen LogP contribution < -0.4 is 4.80 Å². The molecule has 1 heterocycles. The maximum Gasteiger partial charge on any atom is 0.260 e. The lowest BCUT2D eigenvalue weighted by Gasteiger charge is -2.14. The number of hydrogen-bond acceptors (Lipinski definition) is 2. The van der Waals surface area contributed by atoms with Gasteiger partial charge in [0.2, 0.25) is 0 Å². The molecule has 5 heteroatoms. The summed E-state index contributed by atoms with van der Waals surface area (Å²) in [6.07, 6.45) is 0. The SMILES string of the molecule is Cn1c(-c2ccc(Cl)cc2)c(-c2ccccc2)sc1=NC(=O)C(c1ccccc1)c1ccccc1. The Morgan fingerprint density at radius 3 is 1.80 bits per heavy atom. The van der Waals surface area contributed by atoms with Crippen molar-refractivity contribution < 1.29 is 4.79 Å². The van der Waals surface area contributed by atoms with Gasteiger partial charge in [0.25, 0.3) is 5.91 Å². The topological polar surface area (TPSA) is 34.4 Å². The summed E-state index contributed by atoms with van der Waals surface area (Å²) in [6.45, 7) is 0. The molecular weight excluding hydrogens is 472 g/mol. The molecule has 172 valence electrons. The lowest BCUT2D eigenvalue weighted by molar-refractivity contribution is -0.118. The first-order valence-corrected chi connectivity index (χ1v) is 12.5. The molecule has 0 aliphatic carbocycles. The number of nitrogens with zero attached hydrogens (tertiary/aromatic N) is 2. The maximum atomic E-state index is 13.7. The molecular formula is C30H23ClN2OS. The van der Waals surface area contributed by atoms with E-state index >= 15 is 0 Å². The smallest absolute Gasteiger partial charge is 0.260 e. The third kappa shape index (κ3) is 4.90. The molecule has 0 atom stereocenters. The highest BCUT2D eigenvalue weighted by Gasteiger charge is 2.23. The lowest BCUT2D eigenvalue weighted by Crippen LogP contribution is -2.19. The van der Waals surface area contributed by atoms with Crippen LogP contribution in [0.25, 0.3) is 21.7 Å². The highest BCUT2D eigenvalue weighted by atomic mass is 35.5. The van der Waals surface area contributed by atoms with E-state index in [-0.39, 0.29) is 5.91 Å². The standard InChI is InChI=1S/C30H23ClN2OS/c1-33-27(23-17-19-25(31)20-18-23)28(24-15-9-4-10-16-24)35-30(33)32-29(34)26(21-11-5-2-6-12-21)22-13-7-3-8-14-22/h2-20,26H,1H3. The fraction of sp³-hybridized carbons (Fsp3) is 0.0667. The molecule has 0 radical (unpaired) electrons. The van der Waals surface area contributed by atoms with Crippen LogP contribution in [0.3, 0.4) is 0 Å². The molecule has 0 spiro atoms. The summed E-state index contributed by atoms with van der Waals surface area (Å²) in [5, 5.41) is 0.682. The van der Waals surface area contributed by atoms with Crippen LogP contribution in [0, 0.1) is 0 Å². The van der Waals surface area contributed by atoms with Crippen LogP contribution in [0.4, 0.5) is 0 Å². The molecule has 35 heavy (non-hydrogen) atoms.